The van der Waals surface area contributed by atoms with Crippen LogP contribution in [0.25, 0.3) is 0 Å². The number of rotatable bonds is 3. The van der Waals surface area contributed by atoms with E-state index in [1.807, 2.05) is 12.1 Å². The van der Waals surface area contributed by atoms with Crippen molar-refractivity contribution >= 4 is 34.8 Å². The predicted octanol–water partition coefficient (Wildman–Crippen LogP) is 3.82. The number of ether oxygens (including phenoxy) is 1. The lowest BCUT2D eigenvalue weighted by molar-refractivity contribution is -0.0510. The molecular formula is C13H16Cl3NO. The molecule has 0 amide bonds. The van der Waals surface area contributed by atoms with E-state index in [0.717, 1.165) is 18.7 Å². The maximum Gasteiger partial charge on any atom is 0.0838 e. The third kappa shape index (κ3) is 3.31. The van der Waals surface area contributed by atoms with Gasteiger partial charge in [-0.05, 0) is 18.6 Å². The van der Waals surface area contributed by atoms with Crippen molar-refractivity contribution < 1.29 is 4.74 Å². The van der Waals surface area contributed by atoms with Crippen LogP contribution in [-0.2, 0) is 11.3 Å². The van der Waals surface area contributed by atoms with Crippen LogP contribution in [0.15, 0.2) is 18.2 Å². The molecule has 0 N–H and O–H groups in total. The molecule has 1 aromatic carbocycles. The number of nitrogens with zero attached hydrogens (tertiary/aromatic N) is 1. The normalized spacial score (nSPS) is 25.3. The van der Waals surface area contributed by atoms with Gasteiger partial charge in [-0.25, -0.2) is 0 Å². The molecule has 0 aromatic heterocycles. The zero-order valence-electron chi connectivity index (χ0n) is 10.2. The lowest BCUT2D eigenvalue weighted by Gasteiger charge is -2.37. The number of halogens is 3. The minimum Gasteiger partial charge on any atom is -0.374 e. The van der Waals surface area contributed by atoms with Crippen molar-refractivity contribution in [1.82, 2.24) is 4.90 Å². The first-order valence-electron chi connectivity index (χ1n) is 5.96. The first-order valence-corrected chi connectivity index (χ1v) is 7.25. The topological polar surface area (TPSA) is 12.5 Å². The Labute approximate surface area is 123 Å². The fourth-order valence-corrected chi connectivity index (χ4v) is 2.64. The van der Waals surface area contributed by atoms with E-state index in [2.05, 4.69) is 11.8 Å². The highest BCUT2D eigenvalue weighted by molar-refractivity contribution is 6.42. The van der Waals surface area contributed by atoms with Crippen molar-refractivity contribution in [1.29, 1.82) is 0 Å². The molecule has 5 heteroatoms. The largest absolute Gasteiger partial charge is 0.374 e. The van der Waals surface area contributed by atoms with Gasteiger partial charge >= 0.3 is 0 Å². The molecule has 2 atom stereocenters. The summed E-state index contributed by atoms with van der Waals surface area (Å²) in [5, 5.41) is 1.24. The van der Waals surface area contributed by atoms with Crippen LogP contribution in [0.5, 0.6) is 0 Å². The van der Waals surface area contributed by atoms with Crippen LogP contribution in [0.1, 0.15) is 12.5 Å². The van der Waals surface area contributed by atoms with Gasteiger partial charge in [-0.1, -0.05) is 35.3 Å². The Morgan fingerprint density at radius 1 is 1.39 bits per heavy atom. The van der Waals surface area contributed by atoms with E-state index in [1.54, 1.807) is 6.07 Å². The molecule has 2 rings (SSSR count). The van der Waals surface area contributed by atoms with E-state index in [-0.39, 0.29) is 6.10 Å². The van der Waals surface area contributed by atoms with Crippen LogP contribution in [0.4, 0.5) is 0 Å². The summed E-state index contributed by atoms with van der Waals surface area (Å²) in [4.78, 5) is 2.33. The fourth-order valence-electron chi connectivity index (χ4n) is 2.08. The van der Waals surface area contributed by atoms with Gasteiger partial charge in [0.25, 0.3) is 0 Å². The van der Waals surface area contributed by atoms with Gasteiger partial charge in [0, 0.05) is 25.0 Å². The van der Waals surface area contributed by atoms with Gasteiger partial charge in [-0.3, -0.25) is 4.90 Å². The first kappa shape index (κ1) is 14.4. The van der Waals surface area contributed by atoms with Crippen LogP contribution in [0.2, 0.25) is 10.0 Å². The van der Waals surface area contributed by atoms with Crippen LogP contribution < -0.4 is 0 Å². The molecule has 0 spiro atoms. The molecule has 0 saturated carbocycles. The van der Waals surface area contributed by atoms with Gasteiger partial charge in [0.05, 0.1) is 22.8 Å². The second kappa shape index (κ2) is 6.44. The highest BCUT2D eigenvalue weighted by Gasteiger charge is 2.26. The number of morpholine rings is 1. The number of hydrogen-bond donors (Lipinski definition) is 0. The maximum atomic E-state index is 6.21. The molecule has 0 bridgehead atoms. The highest BCUT2D eigenvalue weighted by atomic mass is 35.5. The van der Waals surface area contributed by atoms with E-state index < -0.39 is 0 Å². The molecule has 1 saturated heterocycles. The summed E-state index contributed by atoms with van der Waals surface area (Å²) in [5.41, 5.74) is 1.05. The molecule has 2 nitrogen and oxygen atoms in total. The standard InChI is InChI=1S/C13H16Cl3NO/c1-9-8-18-11(5-14)7-17(9)6-10-3-2-4-12(15)13(10)16/h2-4,9,11H,5-8H2,1H3. The molecule has 2 unspecified atom stereocenters. The van der Waals surface area contributed by atoms with Crippen LogP contribution >= 0.6 is 34.8 Å². The average Bonchev–Trinajstić information content (AvgIpc) is 2.37. The monoisotopic (exact) mass is 307 g/mol. The Morgan fingerprint density at radius 2 is 2.17 bits per heavy atom. The Balaban J connectivity index is 2.09. The van der Waals surface area contributed by atoms with Gasteiger partial charge in [-0.2, -0.15) is 0 Å². The molecule has 18 heavy (non-hydrogen) atoms. The van der Waals surface area contributed by atoms with E-state index in [0.29, 0.717) is 28.6 Å². The zero-order valence-corrected chi connectivity index (χ0v) is 12.5. The predicted molar refractivity (Wildman–Crippen MR) is 76.8 cm³/mol. The Morgan fingerprint density at radius 3 is 2.89 bits per heavy atom. The SMILES string of the molecule is CC1COC(CCl)CN1Cc1cccc(Cl)c1Cl. The average molecular weight is 309 g/mol. The third-order valence-electron chi connectivity index (χ3n) is 3.21. The van der Waals surface area contributed by atoms with E-state index >= 15 is 0 Å². The van der Waals surface area contributed by atoms with Crippen LogP contribution in [0, 0.1) is 0 Å². The molecule has 100 valence electrons. The van der Waals surface area contributed by atoms with Gasteiger partial charge in [0.2, 0.25) is 0 Å². The summed E-state index contributed by atoms with van der Waals surface area (Å²) < 4.78 is 5.63. The number of benzene rings is 1. The summed E-state index contributed by atoms with van der Waals surface area (Å²) in [5.74, 6) is 0.520. The van der Waals surface area contributed by atoms with Crippen molar-refractivity contribution in [3.05, 3.63) is 33.8 Å². The summed E-state index contributed by atoms with van der Waals surface area (Å²) in [7, 11) is 0. The van der Waals surface area contributed by atoms with Gasteiger partial charge < -0.3 is 4.74 Å². The van der Waals surface area contributed by atoms with Crippen molar-refractivity contribution in [3.63, 3.8) is 0 Å². The van der Waals surface area contributed by atoms with E-state index in [9.17, 15) is 0 Å². The summed E-state index contributed by atoms with van der Waals surface area (Å²) in [6.45, 7) is 4.45. The van der Waals surface area contributed by atoms with E-state index in [4.69, 9.17) is 39.5 Å². The second-order valence-corrected chi connectivity index (χ2v) is 5.69. The van der Waals surface area contributed by atoms with E-state index in [1.165, 1.54) is 0 Å². The van der Waals surface area contributed by atoms with Crippen molar-refractivity contribution in [2.75, 3.05) is 19.0 Å². The molecular weight excluding hydrogens is 293 g/mol. The highest BCUT2D eigenvalue weighted by Crippen LogP contribution is 2.27. The zero-order chi connectivity index (χ0) is 13.1. The summed E-state index contributed by atoms with van der Waals surface area (Å²) in [6, 6.07) is 6.09. The molecule has 1 heterocycles. The first-order chi connectivity index (χ1) is 8.61. The Hall–Kier alpha value is 0.01000. The minimum absolute atomic E-state index is 0.0980. The fraction of sp³-hybridized carbons (Fsp3) is 0.538. The molecule has 0 radical (unpaired) electrons. The van der Waals surface area contributed by atoms with Gasteiger partial charge in [0.15, 0.2) is 0 Å². The van der Waals surface area contributed by atoms with Gasteiger partial charge in [-0.15, -0.1) is 11.6 Å². The Bertz CT molecular complexity index is 413. The number of hydrogen-bond acceptors (Lipinski definition) is 2. The quantitative estimate of drug-likeness (QED) is 0.787. The minimum atomic E-state index is 0.0980. The summed E-state index contributed by atoms with van der Waals surface area (Å²) in [6.07, 6.45) is 0.0980. The van der Waals surface area contributed by atoms with Gasteiger partial charge in [0.1, 0.15) is 0 Å². The Kier molecular flexibility index (Phi) is 5.16. The van der Waals surface area contributed by atoms with Crippen LogP contribution in [-0.4, -0.2) is 36.1 Å². The summed E-state index contributed by atoms with van der Waals surface area (Å²) >= 11 is 18.1. The molecule has 1 aliphatic heterocycles. The number of alkyl halides is 1. The van der Waals surface area contributed by atoms with Crippen LogP contribution in [0.3, 0.4) is 0 Å². The second-order valence-electron chi connectivity index (χ2n) is 4.60. The van der Waals surface area contributed by atoms with Crippen molar-refractivity contribution in [3.8, 4) is 0 Å². The lowest BCUT2D eigenvalue weighted by atomic mass is 10.1. The maximum absolute atomic E-state index is 6.21. The molecule has 0 aliphatic carbocycles. The van der Waals surface area contributed by atoms with Crippen molar-refractivity contribution in [2.24, 2.45) is 0 Å². The molecule has 1 aliphatic rings. The molecule has 1 fully saturated rings. The van der Waals surface area contributed by atoms with Crippen molar-refractivity contribution in [2.45, 2.75) is 25.6 Å². The molecule has 1 aromatic rings. The third-order valence-corrected chi connectivity index (χ3v) is 4.41. The lowest BCUT2D eigenvalue weighted by Crippen LogP contribution is -2.48. The smallest absolute Gasteiger partial charge is 0.0838 e.